The van der Waals surface area contributed by atoms with Crippen LogP contribution in [0, 0.1) is 6.92 Å². The van der Waals surface area contributed by atoms with E-state index in [1.165, 1.54) is 11.1 Å². The molecule has 0 saturated heterocycles. The Kier molecular flexibility index (Phi) is 2.82. The molecule has 0 aliphatic carbocycles. The maximum Gasteiger partial charge on any atom is 0.142 e. The Balaban J connectivity index is 1.97. The fourth-order valence-corrected chi connectivity index (χ4v) is 2.75. The molecular formula is C16H17NO2. The monoisotopic (exact) mass is 255 g/mol. The Bertz CT molecular complexity index is 574. The second-order valence-corrected chi connectivity index (χ2v) is 4.94. The molecule has 3 heteroatoms. The summed E-state index contributed by atoms with van der Waals surface area (Å²) >= 11 is 0. The third-order valence-corrected chi connectivity index (χ3v) is 3.65. The first-order chi connectivity index (χ1) is 9.19. The number of methoxy groups -OCH3 is 1. The molecule has 0 amide bonds. The first kappa shape index (κ1) is 11.9. The maximum absolute atomic E-state index is 10.2. The van der Waals surface area contributed by atoms with Crippen molar-refractivity contribution in [2.24, 2.45) is 0 Å². The van der Waals surface area contributed by atoms with E-state index in [0.717, 1.165) is 24.3 Å². The minimum Gasteiger partial charge on any atom is -0.506 e. The number of phenolic OH excluding ortho intramolecular Hbond substituents is 1. The molecule has 0 bridgehead atoms. The van der Waals surface area contributed by atoms with Gasteiger partial charge in [-0.05, 0) is 29.7 Å². The lowest BCUT2D eigenvalue weighted by Gasteiger charge is -2.22. The first-order valence-electron chi connectivity index (χ1n) is 6.38. The van der Waals surface area contributed by atoms with E-state index in [-0.39, 0.29) is 5.75 Å². The number of rotatable bonds is 2. The molecule has 0 spiro atoms. The molecule has 3 nitrogen and oxygen atoms in total. The van der Waals surface area contributed by atoms with E-state index in [0.29, 0.717) is 5.75 Å². The number of anilines is 1. The van der Waals surface area contributed by atoms with Crippen LogP contribution in [0.1, 0.15) is 16.7 Å². The summed E-state index contributed by atoms with van der Waals surface area (Å²) < 4.78 is 5.18. The van der Waals surface area contributed by atoms with Crippen molar-refractivity contribution in [1.82, 2.24) is 0 Å². The Hall–Kier alpha value is -2.16. The van der Waals surface area contributed by atoms with Crippen molar-refractivity contribution in [1.29, 1.82) is 0 Å². The van der Waals surface area contributed by atoms with Gasteiger partial charge in [-0.25, -0.2) is 0 Å². The van der Waals surface area contributed by atoms with Gasteiger partial charge in [0.2, 0.25) is 0 Å². The third-order valence-electron chi connectivity index (χ3n) is 3.65. The summed E-state index contributed by atoms with van der Waals surface area (Å²) in [6.45, 7) is 3.69. The van der Waals surface area contributed by atoms with E-state index in [9.17, 15) is 5.11 Å². The SMILES string of the molecule is COc1cc(C)c(N2Cc3ccccc3C2)c(O)c1. The molecule has 0 fully saturated rings. The van der Waals surface area contributed by atoms with E-state index < -0.39 is 0 Å². The molecule has 0 saturated carbocycles. The van der Waals surface area contributed by atoms with Crippen LogP contribution in [0.25, 0.3) is 0 Å². The number of hydrogen-bond donors (Lipinski definition) is 1. The van der Waals surface area contributed by atoms with E-state index in [1.807, 2.05) is 13.0 Å². The number of nitrogens with zero attached hydrogens (tertiary/aromatic N) is 1. The lowest BCUT2D eigenvalue weighted by atomic mass is 10.1. The summed E-state index contributed by atoms with van der Waals surface area (Å²) in [5.74, 6) is 0.972. The summed E-state index contributed by atoms with van der Waals surface area (Å²) in [5.41, 5.74) is 4.59. The quantitative estimate of drug-likeness (QED) is 0.894. The average Bonchev–Trinajstić information content (AvgIpc) is 2.80. The lowest BCUT2D eigenvalue weighted by molar-refractivity contribution is 0.407. The molecular weight excluding hydrogens is 238 g/mol. The van der Waals surface area contributed by atoms with E-state index >= 15 is 0 Å². The van der Waals surface area contributed by atoms with Crippen LogP contribution in [0.3, 0.4) is 0 Å². The zero-order valence-electron chi connectivity index (χ0n) is 11.2. The summed E-state index contributed by atoms with van der Waals surface area (Å²) in [4.78, 5) is 2.20. The predicted molar refractivity (Wildman–Crippen MR) is 75.7 cm³/mol. The zero-order valence-corrected chi connectivity index (χ0v) is 11.2. The van der Waals surface area contributed by atoms with Crippen LogP contribution in [0.4, 0.5) is 5.69 Å². The van der Waals surface area contributed by atoms with Gasteiger partial charge in [0.15, 0.2) is 0 Å². The summed E-state index contributed by atoms with van der Waals surface area (Å²) in [6.07, 6.45) is 0. The highest BCUT2D eigenvalue weighted by Gasteiger charge is 2.22. The van der Waals surface area contributed by atoms with Gasteiger partial charge in [0.05, 0.1) is 12.8 Å². The maximum atomic E-state index is 10.2. The van der Waals surface area contributed by atoms with Crippen molar-refractivity contribution in [2.75, 3.05) is 12.0 Å². The van der Waals surface area contributed by atoms with Crippen LogP contribution in [0.2, 0.25) is 0 Å². The number of benzene rings is 2. The number of phenols is 1. The third kappa shape index (κ3) is 2.01. The fraction of sp³-hybridized carbons (Fsp3) is 0.250. The largest absolute Gasteiger partial charge is 0.506 e. The summed E-state index contributed by atoms with van der Waals surface area (Å²) in [6, 6.07) is 12.0. The summed E-state index contributed by atoms with van der Waals surface area (Å²) in [5, 5.41) is 10.2. The molecule has 2 aromatic carbocycles. The molecule has 1 heterocycles. The fourth-order valence-electron chi connectivity index (χ4n) is 2.75. The van der Waals surface area contributed by atoms with Crippen LogP contribution in [0.15, 0.2) is 36.4 Å². The smallest absolute Gasteiger partial charge is 0.142 e. The van der Waals surface area contributed by atoms with Gasteiger partial charge in [-0.15, -0.1) is 0 Å². The van der Waals surface area contributed by atoms with Gasteiger partial charge in [0.25, 0.3) is 0 Å². The van der Waals surface area contributed by atoms with E-state index in [2.05, 4.69) is 29.2 Å². The molecule has 19 heavy (non-hydrogen) atoms. The van der Waals surface area contributed by atoms with Gasteiger partial charge < -0.3 is 14.7 Å². The standard InChI is InChI=1S/C16H17NO2/c1-11-7-14(19-2)8-15(18)16(11)17-9-12-5-3-4-6-13(12)10-17/h3-8,18H,9-10H2,1-2H3. The van der Waals surface area contributed by atoms with Crippen molar-refractivity contribution in [3.05, 3.63) is 53.1 Å². The van der Waals surface area contributed by atoms with Crippen LogP contribution in [0.5, 0.6) is 11.5 Å². The number of ether oxygens (including phenoxy) is 1. The van der Waals surface area contributed by atoms with Crippen LogP contribution >= 0.6 is 0 Å². The topological polar surface area (TPSA) is 32.7 Å². The molecule has 0 aromatic heterocycles. The molecule has 1 N–H and O–H groups in total. The van der Waals surface area contributed by atoms with Gasteiger partial charge in [-0.2, -0.15) is 0 Å². The Morgan fingerprint density at radius 3 is 2.26 bits per heavy atom. The highest BCUT2D eigenvalue weighted by atomic mass is 16.5. The summed E-state index contributed by atoms with van der Waals surface area (Å²) in [7, 11) is 1.61. The van der Waals surface area contributed by atoms with Crippen molar-refractivity contribution < 1.29 is 9.84 Å². The highest BCUT2D eigenvalue weighted by molar-refractivity contribution is 5.67. The molecule has 2 aromatic rings. The highest BCUT2D eigenvalue weighted by Crippen LogP contribution is 2.39. The number of aryl methyl sites for hydroxylation is 1. The van der Waals surface area contributed by atoms with E-state index in [1.54, 1.807) is 13.2 Å². The van der Waals surface area contributed by atoms with E-state index in [4.69, 9.17) is 4.74 Å². The van der Waals surface area contributed by atoms with Crippen molar-refractivity contribution in [3.8, 4) is 11.5 Å². The molecule has 0 atom stereocenters. The zero-order chi connectivity index (χ0) is 13.4. The second kappa shape index (κ2) is 4.50. The van der Waals surface area contributed by atoms with Crippen LogP contribution in [-0.2, 0) is 13.1 Å². The van der Waals surface area contributed by atoms with Crippen LogP contribution < -0.4 is 9.64 Å². The van der Waals surface area contributed by atoms with Gasteiger partial charge in [-0.1, -0.05) is 24.3 Å². The van der Waals surface area contributed by atoms with Crippen molar-refractivity contribution in [2.45, 2.75) is 20.0 Å². The van der Waals surface area contributed by atoms with Crippen molar-refractivity contribution >= 4 is 5.69 Å². The molecule has 3 rings (SSSR count). The lowest BCUT2D eigenvalue weighted by Crippen LogP contribution is -2.15. The minimum atomic E-state index is 0.282. The van der Waals surface area contributed by atoms with Gasteiger partial charge in [0, 0.05) is 19.2 Å². The Labute approximate surface area is 113 Å². The van der Waals surface area contributed by atoms with Gasteiger partial charge in [-0.3, -0.25) is 0 Å². The second-order valence-electron chi connectivity index (χ2n) is 4.94. The predicted octanol–water partition coefficient (Wildman–Crippen LogP) is 3.23. The molecule has 0 unspecified atom stereocenters. The number of hydrogen-bond acceptors (Lipinski definition) is 3. The number of aromatic hydroxyl groups is 1. The minimum absolute atomic E-state index is 0.282. The van der Waals surface area contributed by atoms with Crippen LogP contribution in [-0.4, -0.2) is 12.2 Å². The first-order valence-corrected chi connectivity index (χ1v) is 6.38. The molecule has 1 aliphatic heterocycles. The number of fused-ring (bicyclic) bond motifs is 1. The Morgan fingerprint density at radius 1 is 1.11 bits per heavy atom. The Morgan fingerprint density at radius 2 is 1.74 bits per heavy atom. The molecule has 0 radical (unpaired) electrons. The average molecular weight is 255 g/mol. The normalized spacial score (nSPS) is 13.5. The molecule has 98 valence electrons. The van der Waals surface area contributed by atoms with Crippen molar-refractivity contribution in [3.63, 3.8) is 0 Å². The molecule has 1 aliphatic rings. The van der Waals surface area contributed by atoms with Gasteiger partial charge in [0.1, 0.15) is 11.5 Å². The van der Waals surface area contributed by atoms with Gasteiger partial charge >= 0.3 is 0 Å².